The SMILES string of the molecule is c1cc(-c2cccc(N(c3ccc(-c4cccc5oc6ccccc6c45)cc3)c3ccccc3-c3cccc4ccccc34)c2)cc(-c2cccc3c2sc2ccccc23)c1. The highest BCUT2D eigenvalue weighted by molar-refractivity contribution is 7.26. The monoisotopic (exact) mass is 795 g/mol. The number of hydrogen-bond acceptors (Lipinski definition) is 3. The molecule has 0 aliphatic heterocycles. The average molecular weight is 796 g/mol. The highest BCUT2D eigenvalue weighted by Crippen LogP contribution is 2.45. The van der Waals surface area contributed by atoms with Crippen LogP contribution in [0.15, 0.2) is 229 Å². The number of fused-ring (bicyclic) bond motifs is 7. The fourth-order valence-corrected chi connectivity index (χ4v) is 10.5. The van der Waals surface area contributed by atoms with Gasteiger partial charge in [0.1, 0.15) is 11.2 Å². The van der Waals surface area contributed by atoms with Crippen LogP contribution in [0.1, 0.15) is 0 Å². The summed E-state index contributed by atoms with van der Waals surface area (Å²) in [4.78, 5) is 2.42. The quantitative estimate of drug-likeness (QED) is 0.160. The molecule has 0 amide bonds. The summed E-state index contributed by atoms with van der Waals surface area (Å²) in [7, 11) is 0. The zero-order chi connectivity index (χ0) is 40.3. The topological polar surface area (TPSA) is 16.4 Å². The Labute approximate surface area is 357 Å². The van der Waals surface area contributed by atoms with Crippen molar-refractivity contribution in [3.8, 4) is 44.5 Å². The van der Waals surface area contributed by atoms with Gasteiger partial charge in [0.15, 0.2) is 0 Å². The molecule has 0 saturated carbocycles. The van der Waals surface area contributed by atoms with E-state index in [1.807, 2.05) is 23.5 Å². The lowest BCUT2D eigenvalue weighted by atomic mass is 9.95. The van der Waals surface area contributed by atoms with Crippen LogP contribution in [0.5, 0.6) is 0 Å². The normalized spacial score (nSPS) is 11.6. The Balaban J connectivity index is 1.01. The molecule has 0 unspecified atom stereocenters. The highest BCUT2D eigenvalue weighted by atomic mass is 32.1. The molecule has 0 bridgehead atoms. The van der Waals surface area contributed by atoms with E-state index >= 15 is 0 Å². The maximum atomic E-state index is 6.28. The van der Waals surface area contributed by atoms with Crippen LogP contribution in [0.2, 0.25) is 0 Å². The lowest BCUT2D eigenvalue weighted by molar-refractivity contribution is 0.669. The summed E-state index contributed by atoms with van der Waals surface area (Å²) in [5.74, 6) is 0. The molecular weight excluding hydrogens is 759 g/mol. The van der Waals surface area contributed by atoms with Crippen LogP contribution >= 0.6 is 11.3 Å². The van der Waals surface area contributed by atoms with Crippen LogP contribution in [0.25, 0.3) is 97.4 Å². The summed E-state index contributed by atoms with van der Waals surface area (Å²) in [5.41, 5.74) is 14.5. The van der Waals surface area contributed by atoms with Gasteiger partial charge in [0.25, 0.3) is 0 Å². The molecule has 2 aromatic heterocycles. The number of para-hydroxylation sites is 2. The molecular formula is C58H37NOS. The fraction of sp³-hybridized carbons (Fsp3) is 0. The lowest BCUT2D eigenvalue weighted by Crippen LogP contribution is -2.11. The summed E-state index contributed by atoms with van der Waals surface area (Å²) >= 11 is 1.88. The van der Waals surface area contributed by atoms with Gasteiger partial charge in [-0.1, -0.05) is 170 Å². The van der Waals surface area contributed by atoms with Crippen molar-refractivity contribution in [3.05, 3.63) is 224 Å². The lowest BCUT2D eigenvalue weighted by Gasteiger charge is -2.29. The summed E-state index contributed by atoms with van der Waals surface area (Å²) in [6, 6.07) is 81.2. The molecule has 10 aromatic carbocycles. The van der Waals surface area contributed by atoms with Crippen molar-refractivity contribution in [1.82, 2.24) is 0 Å². The molecule has 0 saturated heterocycles. The van der Waals surface area contributed by atoms with Crippen molar-refractivity contribution < 1.29 is 4.42 Å². The standard InChI is InChI=1S/C58H37NOS/c1-2-20-45-38(14-1)15-11-26-48(45)49-21-3-6-28-53(49)59(43-34-32-39(33-35-43)46-24-13-30-55-57(46)52-23-4-7-29-54(52)60-55)44-19-10-17-41(37-44)40-16-9-18-42(36-40)47-25-12-27-51-50-22-5-8-31-56(50)61-58(47)51/h1-37H. The molecule has 61 heavy (non-hydrogen) atoms. The largest absolute Gasteiger partial charge is 0.456 e. The van der Waals surface area contributed by atoms with E-state index in [1.165, 1.54) is 58.8 Å². The third-order valence-electron chi connectivity index (χ3n) is 12.1. The number of thiophene rings is 1. The minimum atomic E-state index is 0.898. The number of benzene rings is 10. The van der Waals surface area contributed by atoms with Gasteiger partial charge in [-0.15, -0.1) is 11.3 Å². The first-order chi connectivity index (χ1) is 30.2. The van der Waals surface area contributed by atoms with E-state index in [1.54, 1.807) is 0 Å². The van der Waals surface area contributed by atoms with Crippen LogP contribution < -0.4 is 4.90 Å². The Morgan fingerprint density at radius 2 is 0.951 bits per heavy atom. The van der Waals surface area contributed by atoms with Crippen molar-refractivity contribution in [2.75, 3.05) is 4.90 Å². The van der Waals surface area contributed by atoms with Crippen molar-refractivity contribution in [3.63, 3.8) is 0 Å². The second-order valence-electron chi connectivity index (χ2n) is 15.6. The molecule has 2 nitrogen and oxygen atoms in total. The van der Waals surface area contributed by atoms with Gasteiger partial charge in [-0.3, -0.25) is 0 Å². The molecule has 0 aliphatic rings. The third-order valence-corrected chi connectivity index (χ3v) is 13.3. The Kier molecular flexibility index (Phi) is 8.39. The first kappa shape index (κ1) is 35.2. The van der Waals surface area contributed by atoms with Crippen molar-refractivity contribution in [2.24, 2.45) is 0 Å². The summed E-state index contributed by atoms with van der Waals surface area (Å²) in [6.07, 6.45) is 0. The molecule has 2 heterocycles. The molecule has 0 spiro atoms. The molecule has 0 atom stereocenters. The molecule has 12 aromatic rings. The van der Waals surface area contributed by atoms with Crippen molar-refractivity contribution in [2.45, 2.75) is 0 Å². The minimum Gasteiger partial charge on any atom is -0.456 e. The van der Waals surface area contributed by atoms with Gasteiger partial charge >= 0.3 is 0 Å². The average Bonchev–Trinajstić information content (AvgIpc) is 3.91. The summed E-state index contributed by atoms with van der Waals surface area (Å²) < 4.78 is 8.92. The molecule has 0 fully saturated rings. The smallest absolute Gasteiger partial charge is 0.136 e. The fourth-order valence-electron chi connectivity index (χ4n) is 9.25. The van der Waals surface area contributed by atoms with Gasteiger partial charge in [-0.25, -0.2) is 0 Å². The predicted molar refractivity (Wildman–Crippen MR) is 261 cm³/mol. The van der Waals surface area contributed by atoms with Crippen LogP contribution in [0, 0.1) is 0 Å². The molecule has 0 radical (unpaired) electrons. The second kappa shape index (κ2) is 14.5. The van der Waals surface area contributed by atoms with E-state index in [9.17, 15) is 0 Å². The highest BCUT2D eigenvalue weighted by Gasteiger charge is 2.20. The van der Waals surface area contributed by atoms with Crippen LogP contribution in [-0.2, 0) is 0 Å². The third kappa shape index (κ3) is 6.01. The van der Waals surface area contributed by atoms with Gasteiger partial charge in [0, 0.05) is 47.9 Å². The maximum absolute atomic E-state index is 6.28. The first-order valence-corrected chi connectivity index (χ1v) is 21.6. The van der Waals surface area contributed by atoms with E-state index in [-0.39, 0.29) is 0 Å². The van der Waals surface area contributed by atoms with Gasteiger partial charge in [0.05, 0.1) is 5.69 Å². The molecule has 286 valence electrons. The van der Waals surface area contributed by atoms with Gasteiger partial charge in [-0.2, -0.15) is 0 Å². The predicted octanol–water partition coefficient (Wildman–Crippen LogP) is 17.2. The van der Waals surface area contributed by atoms with Crippen molar-refractivity contribution >= 4 is 81.3 Å². The van der Waals surface area contributed by atoms with E-state index in [2.05, 4.69) is 217 Å². The Hall–Kier alpha value is -7.72. The Morgan fingerprint density at radius 1 is 0.344 bits per heavy atom. The summed E-state index contributed by atoms with van der Waals surface area (Å²) in [5, 5.41) is 7.35. The second-order valence-corrected chi connectivity index (χ2v) is 16.7. The maximum Gasteiger partial charge on any atom is 0.136 e. The van der Waals surface area contributed by atoms with Gasteiger partial charge in [0.2, 0.25) is 0 Å². The number of nitrogens with zero attached hydrogens (tertiary/aromatic N) is 1. The van der Waals surface area contributed by atoms with Gasteiger partial charge < -0.3 is 9.32 Å². The van der Waals surface area contributed by atoms with Crippen molar-refractivity contribution in [1.29, 1.82) is 0 Å². The summed E-state index contributed by atoms with van der Waals surface area (Å²) in [6.45, 7) is 0. The van der Waals surface area contributed by atoms with Crippen LogP contribution in [0.4, 0.5) is 17.1 Å². The Bertz CT molecular complexity index is 3610. The van der Waals surface area contributed by atoms with E-state index in [0.29, 0.717) is 0 Å². The van der Waals surface area contributed by atoms with Crippen LogP contribution in [0.3, 0.4) is 0 Å². The number of rotatable bonds is 7. The number of hydrogen-bond donors (Lipinski definition) is 0. The zero-order valence-corrected chi connectivity index (χ0v) is 33.9. The van der Waals surface area contributed by atoms with Crippen LogP contribution in [-0.4, -0.2) is 0 Å². The minimum absolute atomic E-state index is 0.898. The number of furan rings is 1. The molecule has 12 rings (SSSR count). The van der Waals surface area contributed by atoms with E-state index in [4.69, 9.17) is 4.42 Å². The zero-order valence-electron chi connectivity index (χ0n) is 33.1. The van der Waals surface area contributed by atoms with E-state index in [0.717, 1.165) is 55.7 Å². The molecule has 0 aliphatic carbocycles. The molecule has 3 heteroatoms. The van der Waals surface area contributed by atoms with Gasteiger partial charge in [-0.05, 0) is 104 Å². The molecule has 0 N–H and O–H groups in total. The number of anilines is 3. The van der Waals surface area contributed by atoms with E-state index < -0.39 is 0 Å². The Morgan fingerprint density at radius 3 is 1.87 bits per heavy atom. The first-order valence-electron chi connectivity index (χ1n) is 20.7.